The van der Waals surface area contributed by atoms with Gasteiger partial charge in [-0.15, -0.1) is 11.3 Å². The maximum Gasteiger partial charge on any atom is 0.269 e. The highest BCUT2D eigenvalue weighted by Crippen LogP contribution is 2.34. The van der Waals surface area contributed by atoms with E-state index in [1.807, 2.05) is 24.3 Å². The van der Waals surface area contributed by atoms with Crippen LogP contribution in [0.5, 0.6) is 0 Å². The Balaban J connectivity index is 1.64. The predicted molar refractivity (Wildman–Crippen MR) is 121 cm³/mol. The summed E-state index contributed by atoms with van der Waals surface area (Å²) in [5.74, 6) is -0.611. The fourth-order valence-electron chi connectivity index (χ4n) is 2.59. The van der Waals surface area contributed by atoms with Crippen LogP contribution in [0.1, 0.15) is 20.0 Å². The number of carbonyl (C=O) groups excluding carboxylic acids is 2. The third-order valence-electron chi connectivity index (χ3n) is 3.94. The minimum absolute atomic E-state index is 0.112. The van der Waals surface area contributed by atoms with E-state index in [1.54, 1.807) is 31.4 Å². The molecule has 1 heterocycles. The number of ether oxygens (including phenoxy) is 1. The van der Waals surface area contributed by atoms with Crippen molar-refractivity contribution in [2.75, 3.05) is 25.6 Å². The summed E-state index contributed by atoms with van der Waals surface area (Å²) in [6, 6.07) is 14.3. The topological polar surface area (TPSA) is 79.5 Å². The summed E-state index contributed by atoms with van der Waals surface area (Å²) >= 11 is 12.9. The predicted octanol–water partition coefficient (Wildman–Crippen LogP) is 4.06. The number of benzene rings is 2. The molecule has 3 aromatic rings. The molecule has 0 radical (unpaired) electrons. The van der Waals surface area contributed by atoms with E-state index in [2.05, 4.69) is 16.0 Å². The second-order valence-corrected chi connectivity index (χ2v) is 7.82. The molecule has 0 atom stereocenters. The largest absolute Gasteiger partial charge is 0.383 e. The Morgan fingerprint density at radius 1 is 1.14 bits per heavy atom. The van der Waals surface area contributed by atoms with Gasteiger partial charge in [-0.05, 0) is 36.5 Å². The molecule has 0 fully saturated rings. The fourth-order valence-corrected chi connectivity index (χ4v) is 4.21. The normalized spacial score (nSPS) is 10.6. The third kappa shape index (κ3) is 5.30. The third-order valence-corrected chi connectivity index (χ3v) is 5.82. The molecule has 3 N–H and O–H groups in total. The van der Waals surface area contributed by atoms with E-state index >= 15 is 0 Å². The fraction of sp³-hybridized carbons (Fsp3) is 0.150. The van der Waals surface area contributed by atoms with Crippen LogP contribution in [0.15, 0.2) is 48.5 Å². The van der Waals surface area contributed by atoms with Crippen molar-refractivity contribution in [3.8, 4) is 0 Å². The minimum Gasteiger partial charge on any atom is -0.383 e. The van der Waals surface area contributed by atoms with Crippen molar-refractivity contribution in [3.05, 3.63) is 64.0 Å². The number of fused-ring (bicyclic) bond motifs is 1. The molecule has 2 aromatic carbocycles. The highest BCUT2D eigenvalue weighted by molar-refractivity contribution is 7.80. The lowest BCUT2D eigenvalue weighted by atomic mass is 10.2. The van der Waals surface area contributed by atoms with Gasteiger partial charge in [0.15, 0.2) is 5.11 Å². The van der Waals surface area contributed by atoms with Crippen molar-refractivity contribution in [1.82, 2.24) is 10.6 Å². The van der Waals surface area contributed by atoms with E-state index in [0.717, 1.165) is 10.1 Å². The van der Waals surface area contributed by atoms with E-state index in [9.17, 15) is 9.59 Å². The first kappa shape index (κ1) is 21.2. The van der Waals surface area contributed by atoms with Gasteiger partial charge in [-0.1, -0.05) is 35.9 Å². The SMILES string of the molecule is COCCNC(=O)c1cccc(NC(=S)NC(=O)c2sc3ccccc3c2Cl)c1. The van der Waals surface area contributed by atoms with Crippen molar-refractivity contribution < 1.29 is 14.3 Å². The average molecular weight is 448 g/mol. The quantitative estimate of drug-likeness (QED) is 0.392. The highest BCUT2D eigenvalue weighted by atomic mass is 35.5. The summed E-state index contributed by atoms with van der Waals surface area (Å²) in [6.45, 7) is 0.845. The number of halogens is 1. The lowest BCUT2D eigenvalue weighted by Crippen LogP contribution is -2.34. The molecule has 0 bridgehead atoms. The maximum atomic E-state index is 12.6. The lowest BCUT2D eigenvalue weighted by Gasteiger charge is -2.10. The summed E-state index contributed by atoms with van der Waals surface area (Å²) in [6.07, 6.45) is 0. The number of hydrogen-bond donors (Lipinski definition) is 3. The zero-order valence-corrected chi connectivity index (χ0v) is 17.8. The Bertz CT molecular complexity index is 1070. The number of nitrogens with one attached hydrogen (secondary N) is 3. The van der Waals surface area contributed by atoms with Gasteiger partial charge in [-0.25, -0.2) is 0 Å². The standard InChI is InChI=1S/C20H18ClN3O3S2/c1-27-10-9-22-18(25)12-5-4-6-13(11-12)23-20(28)24-19(26)17-16(21)14-7-2-3-8-15(14)29-17/h2-8,11H,9-10H2,1H3,(H,22,25)(H2,23,24,26,28). The number of carbonyl (C=O) groups is 2. The number of hydrogen-bond acceptors (Lipinski definition) is 5. The molecule has 9 heteroatoms. The summed E-state index contributed by atoms with van der Waals surface area (Å²) < 4.78 is 5.84. The summed E-state index contributed by atoms with van der Waals surface area (Å²) in [7, 11) is 1.57. The molecule has 0 spiro atoms. The number of thiocarbonyl (C=S) groups is 1. The first-order valence-electron chi connectivity index (χ1n) is 8.66. The van der Waals surface area contributed by atoms with Crippen LogP contribution >= 0.6 is 35.2 Å². The van der Waals surface area contributed by atoms with Crippen LogP contribution in [0, 0.1) is 0 Å². The number of amides is 2. The Morgan fingerprint density at radius 2 is 1.93 bits per heavy atom. The maximum absolute atomic E-state index is 12.6. The van der Waals surface area contributed by atoms with E-state index in [1.165, 1.54) is 11.3 Å². The molecule has 2 amide bonds. The van der Waals surface area contributed by atoms with Gasteiger partial charge in [0, 0.05) is 35.0 Å². The van der Waals surface area contributed by atoms with Crippen molar-refractivity contribution >= 4 is 67.9 Å². The summed E-state index contributed by atoms with van der Waals surface area (Å²) in [5.41, 5.74) is 1.05. The molecule has 3 rings (SSSR count). The number of methoxy groups -OCH3 is 1. The first-order chi connectivity index (χ1) is 14.0. The van der Waals surface area contributed by atoms with Crippen LogP contribution < -0.4 is 16.0 Å². The molecule has 0 saturated carbocycles. The van der Waals surface area contributed by atoms with Gasteiger partial charge in [0.1, 0.15) is 4.88 Å². The van der Waals surface area contributed by atoms with E-state index in [-0.39, 0.29) is 16.9 Å². The smallest absolute Gasteiger partial charge is 0.269 e. The van der Waals surface area contributed by atoms with Crippen molar-refractivity contribution in [2.24, 2.45) is 0 Å². The van der Waals surface area contributed by atoms with Crippen LogP contribution in [0.3, 0.4) is 0 Å². The lowest BCUT2D eigenvalue weighted by molar-refractivity contribution is 0.0935. The van der Waals surface area contributed by atoms with Gasteiger partial charge >= 0.3 is 0 Å². The van der Waals surface area contributed by atoms with E-state index < -0.39 is 0 Å². The van der Waals surface area contributed by atoms with E-state index in [0.29, 0.717) is 34.3 Å². The molecule has 0 saturated heterocycles. The second kappa shape index (κ2) is 9.80. The molecule has 0 aliphatic heterocycles. The summed E-state index contributed by atoms with van der Waals surface area (Å²) in [4.78, 5) is 25.1. The molecule has 150 valence electrons. The van der Waals surface area contributed by atoms with Crippen LogP contribution in [-0.4, -0.2) is 37.2 Å². The molecule has 1 aromatic heterocycles. The highest BCUT2D eigenvalue weighted by Gasteiger charge is 2.18. The average Bonchev–Trinajstić information content (AvgIpc) is 3.05. The molecular weight excluding hydrogens is 430 g/mol. The molecule has 0 aliphatic rings. The van der Waals surface area contributed by atoms with Crippen LogP contribution in [-0.2, 0) is 4.74 Å². The molecule has 29 heavy (non-hydrogen) atoms. The van der Waals surface area contributed by atoms with Gasteiger partial charge in [0.05, 0.1) is 11.6 Å². The monoisotopic (exact) mass is 447 g/mol. The molecule has 0 aliphatic carbocycles. The van der Waals surface area contributed by atoms with Crippen molar-refractivity contribution in [1.29, 1.82) is 0 Å². The van der Waals surface area contributed by atoms with Crippen molar-refractivity contribution in [3.63, 3.8) is 0 Å². The Kier molecular flexibility index (Phi) is 7.16. The van der Waals surface area contributed by atoms with Crippen LogP contribution in [0.2, 0.25) is 5.02 Å². The Hall–Kier alpha value is -2.52. The Morgan fingerprint density at radius 3 is 2.69 bits per heavy atom. The number of rotatable bonds is 6. The van der Waals surface area contributed by atoms with Gasteiger partial charge in [0.25, 0.3) is 11.8 Å². The first-order valence-corrected chi connectivity index (χ1v) is 10.3. The molecule has 0 unspecified atom stereocenters. The zero-order valence-electron chi connectivity index (χ0n) is 15.5. The number of anilines is 1. The van der Waals surface area contributed by atoms with Gasteiger partial charge in [-0.2, -0.15) is 0 Å². The van der Waals surface area contributed by atoms with E-state index in [4.69, 9.17) is 28.6 Å². The van der Waals surface area contributed by atoms with Gasteiger partial charge in [-0.3, -0.25) is 14.9 Å². The second-order valence-electron chi connectivity index (χ2n) is 5.98. The molecule has 6 nitrogen and oxygen atoms in total. The van der Waals surface area contributed by atoms with Crippen LogP contribution in [0.25, 0.3) is 10.1 Å². The Labute approximate surface area is 182 Å². The zero-order chi connectivity index (χ0) is 20.8. The van der Waals surface area contributed by atoms with Crippen LogP contribution in [0.4, 0.5) is 5.69 Å². The van der Waals surface area contributed by atoms with Crippen molar-refractivity contribution in [2.45, 2.75) is 0 Å². The minimum atomic E-state index is -0.387. The number of thiophene rings is 1. The van der Waals surface area contributed by atoms with Gasteiger partial charge < -0.3 is 15.4 Å². The van der Waals surface area contributed by atoms with Gasteiger partial charge in [0.2, 0.25) is 0 Å². The summed E-state index contributed by atoms with van der Waals surface area (Å²) in [5, 5.41) is 9.63. The molecular formula is C20H18ClN3O3S2.